The molecule has 0 spiro atoms. The molecule has 0 fully saturated rings. The van der Waals surface area contributed by atoms with Crippen molar-refractivity contribution in [3.05, 3.63) is 64.4 Å². The third kappa shape index (κ3) is 3.58. The second kappa shape index (κ2) is 6.51. The quantitative estimate of drug-likeness (QED) is 0.614. The molecule has 0 aliphatic heterocycles. The number of hydrogen-bond acceptors (Lipinski definition) is 5. The van der Waals surface area contributed by atoms with Gasteiger partial charge >= 0.3 is 10.1 Å². The SMILES string of the molecule is Cc1csc(-c2ccc(OS(=O)(=O)c3ccc(Cl)cc3F)cc2)n1. The van der Waals surface area contributed by atoms with E-state index in [4.69, 9.17) is 15.8 Å². The molecular weight excluding hydrogens is 373 g/mol. The van der Waals surface area contributed by atoms with Gasteiger partial charge in [0.1, 0.15) is 21.5 Å². The Bertz CT molecular complexity index is 985. The third-order valence-electron chi connectivity index (χ3n) is 3.09. The molecule has 3 aromatic rings. The number of halogens is 2. The number of rotatable bonds is 4. The fraction of sp³-hybridized carbons (Fsp3) is 0.0625. The maximum absolute atomic E-state index is 13.8. The van der Waals surface area contributed by atoms with Crippen LogP contribution < -0.4 is 4.18 Å². The molecule has 0 aliphatic carbocycles. The van der Waals surface area contributed by atoms with E-state index in [1.54, 1.807) is 12.1 Å². The van der Waals surface area contributed by atoms with Crippen LogP contribution in [-0.2, 0) is 10.1 Å². The first-order valence-corrected chi connectivity index (χ1v) is 9.44. The Labute approximate surface area is 147 Å². The molecule has 0 atom stereocenters. The molecule has 1 aromatic heterocycles. The zero-order chi connectivity index (χ0) is 17.3. The molecule has 0 amide bonds. The maximum Gasteiger partial charge on any atom is 0.342 e. The molecule has 0 aliphatic rings. The fourth-order valence-corrected chi connectivity index (χ4v) is 3.94. The Morgan fingerprint density at radius 3 is 2.46 bits per heavy atom. The minimum Gasteiger partial charge on any atom is -0.379 e. The Morgan fingerprint density at radius 2 is 1.88 bits per heavy atom. The van der Waals surface area contributed by atoms with Gasteiger partial charge in [-0.15, -0.1) is 11.3 Å². The zero-order valence-corrected chi connectivity index (χ0v) is 14.8. The minimum absolute atomic E-state index is 0.0846. The average Bonchev–Trinajstić information content (AvgIpc) is 2.93. The van der Waals surface area contributed by atoms with Gasteiger partial charge in [0.05, 0.1) is 0 Å². The predicted octanol–water partition coefficient (Wildman–Crippen LogP) is 4.68. The van der Waals surface area contributed by atoms with Crippen molar-refractivity contribution in [2.24, 2.45) is 0 Å². The molecule has 0 radical (unpaired) electrons. The number of aromatic nitrogens is 1. The van der Waals surface area contributed by atoms with Gasteiger partial charge < -0.3 is 4.18 Å². The van der Waals surface area contributed by atoms with Crippen LogP contribution in [0.2, 0.25) is 5.02 Å². The largest absolute Gasteiger partial charge is 0.379 e. The van der Waals surface area contributed by atoms with Gasteiger partial charge in [-0.3, -0.25) is 0 Å². The normalized spacial score (nSPS) is 11.5. The van der Waals surface area contributed by atoms with Gasteiger partial charge in [0.15, 0.2) is 0 Å². The van der Waals surface area contributed by atoms with Crippen molar-refractivity contribution in [2.75, 3.05) is 0 Å². The summed E-state index contributed by atoms with van der Waals surface area (Å²) in [7, 11) is -4.28. The summed E-state index contributed by atoms with van der Waals surface area (Å²) >= 11 is 7.11. The van der Waals surface area contributed by atoms with Gasteiger partial charge in [0.25, 0.3) is 0 Å². The first-order valence-electron chi connectivity index (χ1n) is 6.77. The molecule has 0 bridgehead atoms. The molecular formula is C16H11ClFNO3S2. The van der Waals surface area contributed by atoms with Crippen molar-refractivity contribution >= 4 is 33.1 Å². The van der Waals surface area contributed by atoms with Gasteiger partial charge in [-0.2, -0.15) is 8.42 Å². The predicted molar refractivity (Wildman–Crippen MR) is 91.5 cm³/mol. The summed E-state index contributed by atoms with van der Waals surface area (Å²) in [6, 6.07) is 9.66. The van der Waals surface area contributed by atoms with Crippen LogP contribution in [0.1, 0.15) is 5.69 Å². The first kappa shape index (κ1) is 16.9. The molecule has 124 valence electrons. The summed E-state index contributed by atoms with van der Waals surface area (Å²) < 4.78 is 43.1. The van der Waals surface area contributed by atoms with Gasteiger partial charge in [0, 0.05) is 21.7 Å². The topological polar surface area (TPSA) is 56.3 Å². The summed E-state index contributed by atoms with van der Waals surface area (Å²) in [5, 5.41) is 2.85. The molecule has 0 saturated carbocycles. The van der Waals surface area contributed by atoms with E-state index in [9.17, 15) is 12.8 Å². The number of thiazole rings is 1. The van der Waals surface area contributed by atoms with Crippen LogP contribution in [0.4, 0.5) is 4.39 Å². The molecule has 0 unspecified atom stereocenters. The van der Waals surface area contributed by atoms with Crippen molar-refractivity contribution in [3.63, 3.8) is 0 Å². The highest BCUT2D eigenvalue weighted by Gasteiger charge is 2.21. The Balaban J connectivity index is 1.85. The van der Waals surface area contributed by atoms with Gasteiger partial charge in [-0.1, -0.05) is 11.6 Å². The molecule has 4 nitrogen and oxygen atoms in total. The van der Waals surface area contributed by atoms with E-state index >= 15 is 0 Å². The van der Waals surface area contributed by atoms with Crippen molar-refractivity contribution < 1.29 is 17.0 Å². The van der Waals surface area contributed by atoms with Crippen LogP contribution in [0.3, 0.4) is 0 Å². The van der Waals surface area contributed by atoms with Crippen molar-refractivity contribution in [1.29, 1.82) is 0 Å². The van der Waals surface area contributed by atoms with Crippen LogP contribution in [-0.4, -0.2) is 13.4 Å². The Kier molecular flexibility index (Phi) is 4.58. The molecule has 8 heteroatoms. The zero-order valence-electron chi connectivity index (χ0n) is 12.4. The average molecular weight is 384 g/mol. The third-order valence-corrected chi connectivity index (χ3v) is 5.62. The van der Waals surface area contributed by atoms with E-state index in [-0.39, 0.29) is 10.8 Å². The highest BCUT2D eigenvalue weighted by molar-refractivity contribution is 7.87. The lowest BCUT2D eigenvalue weighted by Gasteiger charge is -2.08. The van der Waals surface area contributed by atoms with Crippen LogP contribution >= 0.6 is 22.9 Å². The van der Waals surface area contributed by atoms with Crippen LogP contribution in [0, 0.1) is 12.7 Å². The number of nitrogens with zero attached hydrogens (tertiary/aromatic N) is 1. The van der Waals surface area contributed by atoms with Crippen molar-refractivity contribution in [1.82, 2.24) is 4.98 Å². The lowest BCUT2D eigenvalue weighted by molar-refractivity contribution is 0.476. The summed E-state index contributed by atoms with van der Waals surface area (Å²) in [4.78, 5) is 3.79. The Hall–Kier alpha value is -1.96. The number of hydrogen-bond donors (Lipinski definition) is 0. The maximum atomic E-state index is 13.8. The van der Waals surface area contributed by atoms with E-state index in [2.05, 4.69) is 4.98 Å². The minimum atomic E-state index is -4.28. The molecule has 0 saturated heterocycles. The van der Waals surface area contributed by atoms with Gasteiger partial charge in [-0.25, -0.2) is 9.37 Å². The molecule has 2 aromatic carbocycles. The van der Waals surface area contributed by atoms with E-state index in [1.165, 1.54) is 29.5 Å². The highest BCUT2D eigenvalue weighted by Crippen LogP contribution is 2.27. The lowest BCUT2D eigenvalue weighted by atomic mass is 10.2. The smallest absolute Gasteiger partial charge is 0.342 e. The fourth-order valence-electron chi connectivity index (χ4n) is 1.99. The molecule has 0 N–H and O–H groups in total. The molecule has 3 rings (SSSR count). The highest BCUT2D eigenvalue weighted by atomic mass is 35.5. The lowest BCUT2D eigenvalue weighted by Crippen LogP contribution is -2.11. The van der Waals surface area contributed by atoms with Gasteiger partial charge in [-0.05, 0) is 49.4 Å². The number of benzene rings is 2. The summed E-state index contributed by atoms with van der Waals surface area (Å²) in [5.41, 5.74) is 1.76. The van der Waals surface area contributed by atoms with Crippen molar-refractivity contribution in [3.8, 4) is 16.3 Å². The van der Waals surface area contributed by atoms with Crippen LogP contribution in [0.25, 0.3) is 10.6 Å². The molecule has 24 heavy (non-hydrogen) atoms. The monoisotopic (exact) mass is 383 g/mol. The van der Waals surface area contributed by atoms with Crippen LogP contribution in [0.5, 0.6) is 5.75 Å². The summed E-state index contributed by atoms with van der Waals surface area (Å²) in [5.74, 6) is -0.876. The Morgan fingerprint density at radius 1 is 1.17 bits per heavy atom. The summed E-state index contributed by atoms with van der Waals surface area (Å²) in [6.07, 6.45) is 0. The number of aryl methyl sites for hydroxylation is 1. The van der Waals surface area contributed by atoms with E-state index in [0.29, 0.717) is 0 Å². The van der Waals surface area contributed by atoms with Crippen LogP contribution in [0.15, 0.2) is 52.7 Å². The molecule has 1 heterocycles. The first-order chi connectivity index (χ1) is 11.3. The summed E-state index contributed by atoms with van der Waals surface area (Å²) in [6.45, 7) is 1.89. The van der Waals surface area contributed by atoms with E-state index < -0.39 is 20.8 Å². The van der Waals surface area contributed by atoms with E-state index in [1.807, 2.05) is 12.3 Å². The van der Waals surface area contributed by atoms with E-state index in [0.717, 1.165) is 28.4 Å². The second-order valence-corrected chi connectivity index (χ2v) is 7.74. The second-order valence-electron chi connectivity index (χ2n) is 4.93. The van der Waals surface area contributed by atoms with Gasteiger partial charge in [0.2, 0.25) is 0 Å². The standard InChI is InChI=1S/C16H11ClFNO3S2/c1-10-9-23-16(19-10)11-2-5-13(6-3-11)22-24(20,21)15-7-4-12(17)8-14(15)18/h2-9H,1H3. The van der Waals surface area contributed by atoms with Crippen molar-refractivity contribution in [2.45, 2.75) is 11.8 Å².